The number of thiophene rings is 1. The Bertz CT molecular complexity index is 816. The summed E-state index contributed by atoms with van der Waals surface area (Å²) in [6.45, 7) is 2.61. The van der Waals surface area contributed by atoms with E-state index in [1.54, 1.807) is 23.2 Å². The molecule has 2 aromatic heterocycles. The third-order valence-corrected chi connectivity index (χ3v) is 5.85. The number of piperazine rings is 1. The van der Waals surface area contributed by atoms with Crippen molar-refractivity contribution in [2.75, 3.05) is 31.1 Å². The van der Waals surface area contributed by atoms with Gasteiger partial charge in [-0.1, -0.05) is 17.7 Å². The summed E-state index contributed by atoms with van der Waals surface area (Å²) in [5, 5.41) is 2.44. The lowest BCUT2D eigenvalue weighted by Gasteiger charge is -2.35. The summed E-state index contributed by atoms with van der Waals surface area (Å²) in [6, 6.07) is 7.26. The average molecular weight is 420 g/mol. The molecule has 0 atom stereocenters. The van der Waals surface area contributed by atoms with Crippen LogP contribution in [-0.2, 0) is 9.59 Å². The van der Waals surface area contributed by atoms with Crippen molar-refractivity contribution >= 4 is 46.2 Å². The maximum atomic E-state index is 12.4. The number of anilines is 1. The van der Waals surface area contributed by atoms with Crippen molar-refractivity contribution in [2.24, 2.45) is 0 Å². The van der Waals surface area contributed by atoms with Gasteiger partial charge in [0.25, 0.3) is 0 Å². The zero-order chi connectivity index (χ0) is 19.9. The largest absolute Gasteiger partial charge is 0.353 e. The highest BCUT2D eigenvalue weighted by molar-refractivity contribution is 7.12. The number of amides is 1. The van der Waals surface area contributed by atoms with Gasteiger partial charge in [-0.2, -0.15) is 0 Å². The zero-order valence-corrected chi connectivity index (χ0v) is 17.0. The van der Waals surface area contributed by atoms with E-state index in [1.165, 1.54) is 11.3 Å². The van der Waals surface area contributed by atoms with E-state index in [0.717, 1.165) is 5.82 Å². The first-order valence-electron chi connectivity index (χ1n) is 9.25. The standard InChI is InChI=1S/C20H22ClN3O3S/c21-15-3-7-19(22-14-15)23-9-11-24(12-10-23)20(27)8-5-16(25)4-6-17(26)18-2-1-13-28-18/h1-3,7,13-14H,4-6,8-12H2. The number of carbonyl (C=O) groups is 3. The highest BCUT2D eigenvalue weighted by Gasteiger charge is 2.22. The van der Waals surface area contributed by atoms with Crippen LogP contribution in [0, 0.1) is 0 Å². The lowest BCUT2D eigenvalue weighted by Crippen LogP contribution is -2.49. The van der Waals surface area contributed by atoms with Crippen LogP contribution in [0.5, 0.6) is 0 Å². The molecule has 1 amide bonds. The van der Waals surface area contributed by atoms with Gasteiger partial charge in [-0.3, -0.25) is 14.4 Å². The molecule has 3 heterocycles. The van der Waals surface area contributed by atoms with Gasteiger partial charge in [0, 0.05) is 58.1 Å². The molecule has 6 nitrogen and oxygen atoms in total. The SMILES string of the molecule is O=C(CCC(=O)c1cccs1)CCC(=O)N1CCN(c2ccc(Cl)cn2)CC1. The quantitative estimate of drug-likeness (QED) is 0.613. The second-order valence-corrected chi connectivity index (χ2v) is 8.03. The van der Waals surface area contributed by atoms with Crippen LogP contribution in [0.3, 0.4) is 0 Å². The van der Waals surface area contributed by atoms with Crippen LogP contribution in [0.4, 0.5) is 5.82 Å². The van der Waals surface area contributed by atoms with Gasteiger partial charge >= 0.3 is 0 Å². The Balaban J connectivity index is 1.36. The smallest absolute Gasteiger partial charge is 0.223 e. The molecular formula is C20H22ClN3O3S. The number of Topliss-reactive ketones (excluding diaryl/α,β-unsaturated/α-hetero) is 2. The van der Waals surface area contributed by atoms with Crippen LogP contribution >= 0.6 is 22.9 Å². The molecule has 0 aromatic carbocycles. The first-order chi connectivity index (χ1) is 13.5. The molecular weight excluding hydrogens is 398 g/mol. The van der Waals surface area contributed by atoms with Crippen molar-refractivity contribution in [1.82, 2.24) is 9.88 Å². The predicted molar refractivity (Wildman–Crippen MR) is 110 cm³/mol. The van der Waals surface area contributed by atoms with Crippen molar-refractivity contribution in [1.29, 1.82) is 0 Å². The second-order valence-electron chi connectivity index (χ2n) is 6.64. The van der Waals surface area contributed by atoms with E-state index in [4.69, 9.17) is 11.6 Å². The van der Waals surface area contributed by atoms with Crippen LogP contribution in [-0.4, -0.2) is 53.5 Å². The number of hydrogen-bond donors (Lipinski definition) is 0. The first kappa shape index (κ1) is 20.5. The summed E-state index contributed by atoms with van der Waals surface area (Å²) >= 11 is 7.24. The maximum absolute atomic E-state index is 12.4. The Morgan fingerprint density at radius 1 is 1.00 bits per heavy atom. The highest BCUT2D eigenvalue weighted by Crippen LogP contribution is 2.17. The summed E-state index contributed by atoms with van der Waals surface area (Å²) in [4.78, 5) is 45.2. The maximum Gasteiger partial charge on any atom is 0.223 e. The Labute approximate surface area is 173 Å². The summed E-state index contributed by atoms with van der Waals surface area (Å²) in [5.74, 6) is 0.785. The van der Waals surface area contributed by atoms with Gasteiger partial charge in [0.15, 0.2) is 5.78 Å². The van der Waals surface area contributed by atoms with Crippen LogP contribution < -0.4 is 4.90 Å². The molecule has 1 saturated heterocycles. The molecule has 8 heteroatoms. The molecule has 148 valence electrons. The molecule has 1 aliphatic rings. The third kappa shape index (κ3) is 5.62. The molecule has 0 saturated carbocycles. The summed E-state index contributed by atoms with van der Waals surface area (Å²) < 4.78 is 0. The minimum Gasteiger partial charge on any atom is -0.353 e. The van der Waals surface area contributed by atoms with Crippen molar-refractivity contribution in [3.05, 3.63) is 45.7 Å². The normalized spacial score (nSPS) is 14.2. The van der Waals surface area contributed by atoms with Crippen molar-refractivity contribution < 1.29 is 14.4 Å². The average Bonchev–Trinajstić information content (AvgIpc) is 3.26. The van der Waals surface area contributed by atoms with Crippen LogP contribution in [0.1, 0.15) is 35.4 Å². The number of carbonyl (C=O) groups excluding carboxylic acids is 3. The molecule has 0 spiro atoms. The van der Waals surface area contributed by atoms with Crippen molar-refractivity contribution in [3.63, 3.8) is 0 Å². The molecule has 2 aromatic rings. The van der Waals surface area contributed by atoms with E-state index in [1.807, 2.05) is 17.5 Å². The number of aromatic nitrogens is 1. The molecule has 0 N–H and O–H groups in total. The van der Waals surface area contributed by atoms with E-state index in [2.05, 4.69) is 9.88 Å². The molecule has 3 rings (SSSR count). The van der Waals surface area contributed by atoms with Gasteiger partial charge in [0.05, 0.1) is 9.90 Å². The fraction of sp³-hybridized carbons (Fsp3) is 0.400. The second kappa shape index (κ2) is 9.80. The van der Waals surface area contributed by atoms with Gasteiger partial charge in [-0.25, -0.2) is 4.98 Å². The van der Waals surface area contributed by atoms with Gasteiger partial charge < -0.3 is 9.80 Å². The minimum absolute atomic E-state index is 0.0124. The molecule has 1 fully saturated rings. The van der Waals surface area contributed by atoms with Crippen molar-refractivity contribution in [3.8, 4) is 0 Å². The number of ketones is 2. The molecule has 1 aliphatic heterocycles. The number of pyridine rings is 1. The number of rotatable bonds is 8. The lowest BCUT2D eigenvalue weighted by molar-refractivity contribution is -0.133. The van der Waals surface area contributed by atoms with Gasteiger partial charge in [0.2, 0.25) is 5.91 Å². The van der Waals surface area contributed by atoms with Gasteiger partial charge in [0.1, 0.15) is 11.6 Å². The zero-order valence-electron chi connectivity index (χ0n) is 15.5. The number of halogens is 1. The Hall–Kier alpha value is -2.25. The number of nitrogens with zero attached hydrogens (tertiary/aromatic N) is 3. The summed E-state index contributed by atoms with van der Waals surface area (Å²) in [5.41, 5.74) is 0. The summed E-state index contributed by atoms with van der Waals surface area (Å²) in [6.07, 6.45) is 2.41. The fourth-order valence-corrected chi connectivity index (χ4v) is 3.89. The van der Waals surface area contributed by atoms with E-state index in [0.29, 0.717) is 36.1 Å². The van der Waals surface area contributed by atoms with E-state index >= 15 is 0 Å². The topological polar surface area (TPSA) is 70.6 Å². The minimum atomic E-state index is -0.0396. The molecule has 0 radical (unpaired) electrons. The number of hydrogen-bond acceptors (Lipinski definition) is 6. The molecule has 0 aliphatic carbocycles. The van der Waals surface area contributed by atoms with Gasteiger partial charge in [-0.05, 0) is 23.6 Å². The predicted octanol–water partition coefficient (Wildman–Crippen LogP) is 3.46. The van der Waals surface area contributed by atoms with Gasteiger partial charge in [-0.15, -0.1) is 11.3 Å². The fourth-order valence-electron chi connectivity index (χ4n) is 3.08. The van der Waals surface area contributed by atoms with Crippen LogP contribution in [0.15, 0.2) is 35.8 Å². The van der Waals surface area contributed by atoms with E-state index in [-0.39, 0.29) is 43.2 Å². The highest BCUT2D eigenvalue weighted by atomic mass is 35.5. The third-order valence-electron chi connectivity index (χ3n) is 4.71. The Morgan fingerprint density at radius 2 is 1.75 bits per heavy atom. The Kier molecular flexibility index (Phi) is 7.17. The van der Waals surface area contributed by atoms with E-state index < -0.39 is 0 Å². The van der Waals surface area contributed by atoms with Crippen LogP contribution in [0.25, 0.3) is 0 Å². The summed E-state index contributed by atoms with van der Waals surface area (Å²) in [7, 11) is 0. The molecule has 0 bridgehead atoms. The van der Waals surface area contributed by atoms with E-state index in [9.17, 15) is 14.4 Å². The van der Waals surface area contributed by atoms with Crippen molar-refractivity contribution in [2.45, 2.75) is 25.7 Å². The first-order valence-corrected chi connectivity index (χ1v) is 10.5. The van der Waals surface area contributed by atoms with Crippen LogP contribution in [0.2, 0.25) is 5.02 Å². The monoisotopic (exact) mass is 419 g/mol. The molecule has 0 unspecified atom stereocenters. The Morgan fingerprint density at radius 3 is 2.39 bits per heavy atom. The molecule has 28 heavy (non-hydrogen) atoms. The lowest BCUT2D eigenvalue weighted by atomic mass is 10.1.